The van der Waals surface area contributed by atoms with Gasteiger partial charge in [0.05, 0.1) is 10.5 Å². The van der Waals surface area contributed by atoms with Crippen LogP contribution in [0.2, 0.25) is 5.02 Å². The quantitative estimate of drug-likeness (QED) is 0.354. The average Bonchev–Trinajstić information content (AvgIpc) is 2.54. The number of halogens is 1. The van der Waals surface area contributed by atoms with Crippen LogP contribution in [0.15, 0.2) is 36.4 Å². The Hall–Kier alpha value is -2.73. The first-order chi connectivity index (χ1) is 11.3. The van der Waals surface area contributed by atoms with Crippen molar-refractivity contribution in [3.8, 4) is 0 Å². The third-order valence-electron chi connectivity index (χ3n) is 3.41. The van der Waals surface area contributed by atoms with E-state index in [2.05, 4.69) is 0 Å². The maximum atomic E-state index is 12.2. The summed E-state index contributed by atoms with van der Waals surface area (Å²) in [6, 6.07) is 8.98. The number of hydrogen-bond acceptors (Lipinski definition) is 5. The van der Waals surface area contributed by atoms with Crippen LogP contribution in [0.4, 0.5) is 5.69 Å². The summed E-state index contributed by atoms with van der Waals surface area (Å²) in [7, 11) is 0. The first-order valence-corrected chi connectivity index (χ1v) is 7.39. The predicted octanol–water partition coefficient (Wildman–Crippen LogP) is 3.90. The van der Waals surface area contributed by atoms with Crippen molar-refractivity contribution in [2.24, 2.45) is 0 Å². The van der Waals surface area contributed by atoms with Crippen LogP contribution in [-0.4, -0.2) is 23.3 Å². The molecule has 0 N–H and O–H groups in total. The number of ketones is 1. The van der Waals surface area contributed by atoms with Crippen LogP contribution >= 0.6 is 11.6 Å². The number of nitro benzene ring substituents is 1. The second-order valence-corrected chi connectivity index (χ2v) is 5.65. The van der Waals surface area contributed by atoms with Crippen LogP contribution in [0.25, 0.3) is 0 Å². The van der Waals surface area contributed by atoms with E-state index in [1.165, 1.54) is 12.1 Å². The molecule has 7 heteroatoms. The van der Waals surface area contributed by atoms with Crippen molar-refractivity contribution in [3.05, 3.63) is 73.8 Å². The number of carbonyl (C=O) groups excluding carboxylic acids is 2. The number of hydrogen-bond donors (Lipinski definition) is 0. The molecule has 0 aromatic heterocycles. The lowest BCUT2D eigenvalue weighted by Crippen LogP contribution is -2.15. The highest BCUT2D eigenvalue weighted by Crippen LogP contribution is 2.25. The van der Waals surface area contributed by atoms with E-state index in [9.17, 15) is 19.7 Å². The molecular formula is C17H14ClNO5. The highest BCUT2D eigenvalue weighted by Gasteiger charge is 2.18. The molecule has 6 nitrogen and oxygen atoms in total. The number of rotatable bonds is 5. The average molecular weight is 348 g/mol. The molecule has 0 heterocycles. The summed E-state index contributed by atoms with van der Waals surface area (Å²) >= 11 is 5.69. The normalized spacial score (nSPS) is 10.3. The van der Waals surface area contributed by atoms with E-state index in [0.717, 1.165) is 17.2 Å². The SMILES string of the molecule is Cc1ccc(C)c(C(=O)COC(=O)c2ccc(Cl)c([N+](=O)[O-])c2)c1. The fraction of sp³-hybridized carbons (Fsp3) is 0.176. The molecule has 2 rings (SSSR count). The highest BCUT2D eigenvalue weighted by molar-refractivity contribution is 6.32. The van der Waals surface area contributed by atoms with Crippen LogP contribution in [0.5, 0.6) is 0 Å². The summed E-state index contributed by atoms with van der Waals surface area (Å²) in [5.74, 6) is -1.17. The Kier molecular flexibility index (Phi) is 5.31. The smallest absolute Gasteiger partial charge is 0.338 e. The van der Waals surface area contributed by atoms with Crippen molar-refractivity contribution < 1.29 is 19.2 Å². The summed E-state index contributed by atoms with van der Waals surface area (Å²) < 4.78 is 4.96. The molecule has 0 bridgehead atoms. The van der Waals surface area contributed by atoms with Crippen molar-refractivity contribution in [1.82, 2.24) is 0 Å². The minimum absolute atomic E-state index is 0.0418. The number of nitrogens with zero attached hydrogens (tertiary/aromatic N) is 1. The van der Waals surface area contributed by atoms with E-state index in [0.29, 0.717) is 5.56 Å². The number of Topliss-reactive ketones (excluding diaryl/α,β-unsaturated/α-hetero) is 1. The lowest BCUT2D eigenvalue weighted by molar-refractivity contribution is -0.384. The maximum Gasteiger partial charge on any atom is 0.338 e. The van der Waals surface area contributed by atoms with Gasteiger partial charge in [-0.3, -0.25) is 14.9 Å². The van der Waals surface area contributed by atoms with Crippen LogP contribution in [0.3, 0.4) is 0 Å². The molecule has 0 fully saturated rings. The van der Waals surface area contributed by atoms with Crippen LogP contribution < -0.4 is 0 Å². The van der Waals surface area contributed by atoms with Crippen molar-refractivity contribution in [3.63, 3.8) is 0 Å². The zero-order valence-corrected chi connectivity index (χ0v) is 13.8. The van der Waals surface area contributed by atoms with Gasteiger partial charge >= 0.3 is 5.97 Å². The molecule has 0 aliphatic heterocycles. The Morgan fingerprint density at radius 2 is 1.88 bits per heavy atom. The second-order valence-electron chi connectivity index (χ2n) is 5.24. The van der Waals surface area contributed by atoms with Crippen molar-refractivity contribution in [2.45, 2.75) is 13.8 Å². The van der Waals surface area contributed by atoms with Gasteiger partial charge in [0.25, 0.3) is 5.69 Å². The fourth-order valence-electron chi connectivity index (χ4n) is 2.11. The molecule has 0 aliphatic rings. The van der Waals surface area contributed by atoms with E-state index < -0.39 is 23.2 Å². The number of nitro groups is 1. The van der Waals surface area contributed by atoms with E-state index in [-0.39, 0.29) is 16.4 Å². The van der Waals surface area contributed by atoms with Gasteiger partial charge in [-0.25, -0.2) is 4.79 Å². The Morgan fingerprint density at radius 1 is 1.17 bits per heavy atom. The van der Waals surface area contributed by atoms with Gasteiger partial charge in [0.2, 0.25) is 5.78 Å². The molecule has 124 valence electrons. The van der Waals surface area contributed by atoms with Gasteiger partial charge in [-0.1, -0.05) is 29.3 Å². The zero-order valence-electron chi connectivity index (χ0n) is 13.0. The molecule has 0 unspecified atom stereocenters. The topological polar surface area (TPSA) is 86.5 Å². The number of aryl methyl sites for hydroxylation is 2. The van der Waals surface area contributed by atoms with Crippen LogP contribution in [0, 0.1) is 24.0 Å². The molecule has 0 spiro atoms. The standard InChI is InChI=1S/C17H14ClNO5/c1-10-3-4-11(2)13(7-10)16(20)9-24-17(21)12-5-6-14(18)15(8-12)19(22)23/h3-8H,9H2,1-2H3. The summed E-state index contributed by atoms with van der Waals surface area (Å²) in [4.78, 5) is 34.3. The molecule has 0 radical (unpaired) electrons. The highest BCUT2D eigenvalue weighted by atomic mass is 35.5. The van der Waals surface area contributed by atoms with Gasteiger partial charge in [0.1, 0.15) is 5.02 Å². The Balaban J connectivity index is 2.10. The molecule has 0 saturated carbocycles. The van der Waals surface area contributed by atoms with E-state index in [4.69, 9.17) is 16.3 Å². The first-order valence-electron chi connectivity index (χ1n) is 7.01. The van der Waals surface area contributed by atoms with Crippen molar-refractivity contribution in [1.29, 1.82) is 0 Å². The van der Waals surface area contributed by atoms with Gasteiger partial charge in [0.15, 0.2) is 6.61 Å². The number of esters is 1. The van der Waals surface area contributed by atoms with Gasteiger partial charge in [-0.2, -0.15) is 0 Å². The monoisotopic (exact) mass is 347 g/mol. The number of carbonyl (C=O) groups is 2. The van der Waals surface area contributed by atoms with Crippen LogP contribution in [-0.2, 0) is 4.74 Å². The van der Waals surface area contributed by atoms with E-state index >= 15 is 0 Å². The largest absolute Gasteiger partial charge is 0.454 e. The Bertz CT molecular complexity index is 832. The molecule has 0 saturated heterocycles. The third-order valence-corrected chi connectivity index (χ3v) is 3.73. The molecular weight excluding hydrogens is 334 g/mol. The zero-order chi connectivity index (χ0) is 17.9. The summed E-state index contributed by atoms with van der Waals surface area (Å²) in [5, 5.41) is 10.8. The molecule has 0 atom stereocenters. The summed E-state index contributed by atoms with van der Waals surface area (Å²) in [6.07, 6.45) is 0. The molecule has 0 amide bonds. The van der Waals surface area contributed by atoms with Gasteiger partial charge in [-0.15, -0.1) is 0 Å². The predicted molar refractivity (Wildman–Crippen MR) is 88.6 cm³/mol. The maximum absolute atomic E-state index is 12.2. The fourth-order valence-corrected chi connectivity index (χ4v) is 2.29. The van der Waals surface area contributed by atoms with E-state index in [1.54, 1.807) is 13.0 Å². The summed E-state index contributed by atoms with van der Waals surface area (Å²) in [5.41, 5.74) is 1.74. The minimum Gasteiger partial charge on any atom is -0.454 e. The van der Waals surface area contributed by atoms with Gasteiger partial charge in [0, 0.05) is 11.6 Å². The van der Waals surface area contributed by atoms with Crippen molar-refractivity contribution >= 4 is 29.0 Å². The molecule has 2 aromatic carbocycles. The van der Waals surface area contributed by atoms with Crippen LogP contribution in [0.1, 0.15) is 31.8 Å². The summed E-state index contributed by atoms with van der Waals surface area (Å²) in [6.45, 7) is 3.20. The third kappa shape index (κ3) is 3.97. The first kappa shape index (κ1) is 17.6. The molecule has 2 aromatic rings. The molecule has 0 aliphatic carbocycles. The van der Waals surface area contributed by atoms with Crippen molar-refractivity contribution in [2.75, 3.05) is 6.61 Å². The number of ether oxygens (including phenoxy) is 1. The second kappa shape index (κ2) is 7.23. The Morgan fingerprint density at radius 3 is 2.54 bits per heavy atom. The lowest BCUT2D eigenvalue weighted by Gasteiger charge is -2.08. The Labute approximate surface area is 143 Å². The van der Waals surface area contributed by atoms with Gasteiger partial charge < -0.3 is 4.74 Å². The number of benzene rings is 2. The van der Waals surface area contributed by atoms with E-state index in [1.807, 2.05) is 19.1 Å². The minimum atomic E-state index is -0.826. The lowest BCUT2D eigenvalue weighted by atomic mass is 10.0. The van der Waals surface area contributed by atoms with Gasteiger partial charge in [-0.05, 0) is 37.6 Å². The molecule has 24 heavy (non-hydrogen) atoms.